The summed E-state index contributed by atoms with van der Waals surface area (Å²) in [7, 11) is 1.77. The van der Waals surface area contributed by atoms with Crippen LogP contribution in [0, 0.1) is 23.7 Å². The summed E-state index contributed by atoms with van der Waals surface area (Å²) in [6, 6.07) is 0. The highest BCUT2D eigenvalue weighted by Gasteiger charge is 2.32. The van der Waals surface area contributed by atoms with E-state index in [-0.39, 0.29) is 0 Å². The molecule has 0 aromatic rings. The lowest BCUT2D eigenvalue weighted by Gasteiger charge is -2.21. The lowest BCUT2D eigenvalue weighted by atomic mass is 9.86. The molecule has 4 atom stereocenters. The fourth-order valence-electron chi connectivity index (χ4n) is 2.92. The number of rotatable bonds is 6. The van der Waals surface area contributed by atoms with Crippen LogP contribution in [-0.2, 0) is 4.74 Å². The molecule has 0 spiro atoms. The Bertz CT molecular complexity index is 170. The number of methoxy groups -OCH3 is 1. The van der Waals surface area contributed by atoms with Gasteiger partial charge in [-0.3, -0.25) is 0 Å². The van der Waals surface area contributed by atoms with Crippen LogP contribution in [0.5, 0.6) is 0 Å². The second-order valence-corrected chi connectivity index (χ2v) is 5.30. The second kappa shape index (κ2) is 6.49. The molecule has 1 saturated carbocycles. The topological polar surface area (TPSA) is 29.5 Å². The van der Waals surface area contributed by atoms with E-state index in [4.69, 9.17) is 4.74 Å². The van der Waals surface area contributed by atoms with Crippen molar-refractivity contribution >= 4 is 0 Å². The summed E-state index contributed by atoms with van der Waals surface area (Å²) >= 11 is 0. The number of hydrogen-bond acceptors (Lipinski definition) is 2. The highest BCUT2D eigenvalue weighted by atomic mass is 16.5. The molecule has 90 valence electrons. The van der Waals surface area contributed by atoms with Crippen LogP contribution >= 0.6 is 0 Å². The average Bonchev–Trinajstić information content (AvgIpc) is 2.56. The van der Waals surface area contributed by atoms with Crippen molar-refractivity contribution in [1.82, 2.24) is 0 Å². The third-order valence-corrected chi connectivity index (χ3v) is 4.02. The molecule has 0 radical (unpaired) electrons. The minimum Gasteiger partial charge on any atom is -0.396 e. The van der Waals surface area contributed by atoms with E-state index in [9.17, 15) is 5.11 Å². The van der Waals surface area contributed by atoms with Gasteiger partial charge in [-0.15, -0.1) is 0 Å². The molecule has 0 aromatic carbocycles. The first kappa shape index (κ1) is 13.0. The summed E-state index contributed by atoms with van der Waals surface area (Å²) in [4.78, 5) is 0. The predicted molar refractivity (Wildman–Crippen MR) is 62.7 cm³/mol. The van der Waals surface area contributed by atoms with Crippen LogP contribution in [-0.4, -0.2) is 25.4 Å². The predicted octanol–water partition coefficient (Wildman–Crippen LogP) is 2.70. The van der Waals surface area contributed by atoms with Crippen molar-refractivity contribution in [3.63, 3.8) is 0 Å². The smallest absolute Gasteiger partial charge is 0.0487 e. The van der Waals surface area contributed by atoms with Gasteiger partial charge in [0.05, 0.1) is 0 Å². The number of ether oxygens (including phenoxy) is 1. The van der Waals surface area contributed by atoms with Gasteiger partial charge in [0.2, 0.25) is 0 Å². The number of aliphatic hydroxyl groups is 1. The maximum Gasteiger partial charge on any atom is 0.0487 e. The van der Waals surface area contributed by atoms with E-state index in [1.54, 1.807) is 7.11 Å². The van der Waals surface area contributed by atoms with Crippen molar-refractivity contribution in [3.8, 4) is 0 Å². The Kier molecular flexibility index (Phi) is 5.62. The quantitative estimate of drug-likeness (QED) is 0.736. The van der Waals surface area contributed by atoms with Gasteiger partial charge < -0.3 is 9.84 Å². The van der Waals surface area contributed by atoms with E-state index in [1.165, 1.54) is 25.7 Å². The van der Waals surface area contributed by atoms with Crippen molar-refractivity contribution in [2.24, 2.45) is 23.7 Å². The lowest BCUT2D eigenvalue weighted by molar-refractivity contribution is 0.136. The van der Waals surface area contributed by atoms with Gasteiger partial charge in [-0.05, 0) is 42.9 Å². The molecule has 0 heterocycles. The Morgan fingerprint density at radius 3 is 2.73 bits per heavy atom. The molecule has 2 heteroatoms. The average molecular weight is 214 g/mol. The molecule has 0 aliphatic heterocycles. The summed E-state index contributed by atoms with van der Waals surface area (Å²) in [6.45, 7) is 5.77. The number of aliphatic hydroxyl groups excluding tert-OH is 1. The van der Waals surface area contributed by atoms with Gasteiger partial charge in [-0.25, -0.2) is 0 Å². The Balaban J connectivity index is 2.26. The Morgan fingerprint density at radius 1 is 1.40 bits per heavy atom. The monoisotopic (exact) mass is 214 g/mol. The van der Waals surface area contributed by atoms with Crippen molar-refractivity contribution in [1.29, 1.82) is 0 Å². The molecule has 1 aliphatic carbocycles. The molecule has 1 N–H and O–H groups in total. The molecular formula is C13H26O2. The van der Waals surface area contributed by atoms with Gasteiger partial charge in [-0.2, -0.15) is 0 Å². The fraction of sp³-hybridized carbons (Fsp3) is 1.00. The van der Waals surface area contributed by atoms with Gasteiger partial charge in [0.1, 0.15) is 0 Å². The highest BCUT2D eigenvalue weighted by Crippen LogP contribution is 2.39. The highest BCUT2D eigenvalue weighted by molar-refractivity contribution is 4.82. The molecule has 15 heavy (non-hydrogen) atoms. The zero-order valence-corrected chi connectivity index (χ0v) is 10.4. The molecule has 2 unspecified atom stereocenters. The summed E-state index contributed by atoms with van der Waals surface area (Å²) < 4.78 is 5.14. The fourth-order valence-corrected chi connectivity index (χ4v) is 2.92. The van der Waals surface area contributed by atoms with Gasteiger partial charge >= 0.3 is 0 Å². The first-order valence-electron chi connectivity index (χ1n) is 6.28. The maximum atomic E-state index is 9.35. The van der Waals surface area contributed by atoms with E-state index < -0.39 is 0 Å². The molecule has 0 saturated heterocycles. The Labute approximate surface area is 94.0 Å². The van der Waals surface area contributed by atoms with E-state index in [2.05, 4.69) is 13.8 Å². The molecule has 1 rings (SSSR count). The molecule has 0 aromatic heterocycles. The Morgan fingerprint density at radius 2 is 2.13 bits per heavy atom. The molecule has 1 aliphatic rings. The van der Waals surface area contributed by atoms with E-state index in [0.29, 0.717) is 18.4 Å². The normalized spacial score (nSPS) is 33.2. The van der Waals surface area contributed by atoms with Crippen molar-refractivity contribution < 1.29 is 9.84 Å². The first-order chi connectivity index (χ1) is 7.19. The van der Waals surface area contributed by atoms with Gasteiger partial charge in [0, 0.05) is 20.3 Å². The number of hydrogen-bond donors (Lipinski definition) is 1. The summed E-state index contributed by atoms with van der Waals surface area (Å²) in [6.07, 6.45) is 5.11. The van der Waals surface area contributed by atoms with Gasteiger partial charge in [0.25, 0.3) is 0 Å². The van der Waals surface area contributed by atoms with Crippen LogP contribution in [0.15, 0.2) is 0 Å². The zero-order valence-electron chi connectivity index (χ0n) is 10.4. The van der Waals surface area contributed by atoms with Crippen LogP contribution < -0.4 is 0 Å². The third kappa shape index (κ3) is 3.76. The van der Waals surface area contributed by atoms with E-state index in [0.717, 1.165) is 18.4 Å². The van der Waals surface area contributed by atoms with Crippen LogP contribution in [0.4, 0.5) is 0 Å². The Hall–Kier alpha value is -0.0800. The largest absolute Gasteiger partial charge is 0.396 e. The van der Waals surface area contributed by atoms with Crippen molar-refractivity contribution in [2.75, 3.05) is 20.3 Å². The minimum absolute atomic E-state index is 0.379. The summed E-state index contributed by atoms with van der Waals surface area (Å²) in [5.41, 5.74) is 0. The minimum atomic E-state index is 0.379. The molecule has 2 nitrogen and oxygen atoms in total. The van der Waals surface area contributed by atoms with Crippen LogP contribution in [0.25, 0.3) is 0 Å². The van der Waals surface area contributed by atoms with E-state index >= 15 is 0 Å². The molecule has 0 bridgehead atoms. The molecular weight excluding hydrogens is 188 g/mol. The SMILES string of the molecule is COCC(C)CC[C@H]1CCC(C)[C@@H]1CO. The molecule has 1 fully saturated rings. The van der Waals surface area contributed by atoms with Gasteiger partial charge in [-0.1, -0.05) is 20.3 Å². The maximum absolute atomic E-state index is 9.35. The van der Waals surface area contributed by atoms with Crippen LogP contribution in [0.1, 0.15) is 39.5 Å². The second-order valence-electron chi connectivity index (χ2n) is 5.30. The zero-order chi connectivity index (χ0) is 11.3. The van der Waals surface area contributed by atoms with Crippen molar-refractivity contribution in [3.05, 3.63) is 0 Å². The van der Waals surface area contributed by atoms with Crippen LogP contribution in [0.3, 0.4) is 0 Å². The lowest BCUT2D eigenvalue weighted by Crippen LogP contribution is -2.18. The summed E-state index contributed by atoms with van der Waals surface area (Å²) in [5.74, 6) is 2.69. The first-order valence-corrected chi connectivity index (χ1v) is 6.28. The molecule has 0 amide bonds. The summed E-state index contributed by atoms with van der Waals surface area (Å²) in [5, 5.41) is 9.35. The van der Waals surface area contributed by atoms with Crippen LogP contribution in [0.2, 0.25) is 0 Å². The van der Waals surface area contributed by atoms with E-state index in [1.807, 2.05) is 0 Å². The third-order valence-electron chi connectivity index (χ3n) is 4.02. The standard InChI is InChI=1S/C13H26O2/c1-10(9-15-3)4-6-12-7-5-11(2)13(12)8-14/h10-14H,4-9H2,1-3H3/t10?,11?,12-,13-/m0/s1. The van der Waals surface area contributed by atoms with Crippen molar-refractivity contribution in [2.45, 2.75) is 39.5 Å². The van der Waals surface area contributed by atoms with Gasteiger partial charge in [0.15, 0.2) is 0 Å².